The maximum absolute atomic E-state index is 3.72. The Hall–Kier alpha value is -0.0800. The maximum Gasteiger partial charge on any atom is 0.0107 e. The number of rotatable bonds is 4. The lowest BCUT2D eigenvalue weighted by Gasteiger charge is -2.24. The normalized spacial score (nSPS) is 29.8. The minimum absolute atomic E-state index is 0.832. The minimum Gasteiger partial charge on any atom is -0.313 e. The Kier molecular flexibility index (Phi) is 4.45. The lowest BCUT2D eigenvalue weighted by Crippen LogP contribution is -2.37. The van der Waals surface area contributed by atoms with Crippen LogP contribution < -0.4 is 5.32 Å². The summed E-state index contributed by atoms with van der Waals surface area (Å²) < 4.78 is 0. The Morgan fingerprint density at radius 3 is 2.60 bits per heavy atom. The number of hydrogen-bond donors (Lipinski definition) is 1. The van der Waals surface area contributed by atoms with Crippen LogP contribution in [0.1, 0.15) is 45.4 Å². The summed E-state index contributed by atoms with van der Waals surface area (Å²) in [5, 5.41) is 3.72. The molecule has 15 heavy (non-hydrogen) atoms. The predicted octanol–water partition coefficient (Wildman–Crippen LogP) is 2.25. The zero-order chi connectivity index (χ0) is 10.5. The van der Waals surface area contributed by atoms with Gasteiger partial charge in [-0.25, -0.2) is 0 Å². The first-order valence-corrected chi connectivity index (χ1v) is 6.80. The van der Waals surface area contributed by atoms with Gasteiger partial charge in [-0.05, 0) is 31.7 Å². The second-order valence-electron chi connectivity index (χ2n) is 5.48. The molecule has 1 aliphatic heterocycles. The summed E-state index contributed by atoms with van der Waals surface area (Å²) >= 11 is 0. The van der Waals surface area contributed by atoms with Crippen molar-refractivity contribution in [2.24, 2.45) is 5.92 Å². The van der Waals surface area contributed by atoms with Crippen LogP contribution in [0.2, 0.25) is 0 Å². The summed E-state index contributed by atoms with van der Waals surface area (Å²) in [4.78, 5) is 2.61. The van der Waals surface area contributed by atoms with Crippen molar-refractivity contribution in [3.05, 3.63) is 0 Å². The van der Waals surface area contributed by atoms with Gasteiger partial charge in [0.1, 0.15) is 0 Å². The second-order valence-corrected chi connectivity index (χ2v) is 5.48. The molecule has 1 saturated heterocycles. The van der Waals surface area contributed by atoms with E-state index in [1.165, 1.54) is 64.7 Å². The molecule has 1 N–H and O–H groups in total. The quantitative estimate of drug-likeness (QED) is 0.765. The van der Waals surface area contributed by atoms with E-state index in [0.29, 0.717) is 0 Å². The zero-order valence-corrected chi connectivity index (χ0v) is 10.2. The largest absolute Gasteiger partial charge is 0.313 e. The molecule has 1 saturated carbocycles. The molecule has 2 aliphatic rings. The summed E-state index contributed by atoms with van der Waals surface area (Å²) in [6.07, 6.45) is 8.58. The molecule has 0 aromatic heterocycles. The second kappa shape index (κ2) is 5.86. The van der Waals surface area contributed by atoms with Gasteiger partial charge in [-0.15, -0.1) is 0 Å². The number of hydrogen-bond acceptors (Lipinski definition) is 2. The standard InChI is InChI=1S/C13H26N2/c1-12-7-9-15(11-12)10-8-14-13-5-3-2-4-6-13/h12-14H,2-11H2,1H3. The number of nitrogens with zero attached hydrogens (tertiary/aromatic N) is 1. The Morgan fingerprint density at radius 2 is 1.93 bits per heavy atom. The molecule has 1 atom stereocenters. The van der Waals surface area contributed by atoms with Gasteiger partial charge in [0, 0.05) is 25.7 Å². The third-order valence-corrected chi connectivity index (χ3v) is 3.97. The van der Waals surface area contributed by atoms with E-state index in [9.17, 15) is 0 Å². The fourth-order valence-electron chi connectivity index (χ4n) is 2.96. The van der Waals surface area contributed by atoms with Crippen LogP contribution in [0.4, 0.5) is 0 Å². The van der Waals surface area contributed by atoms with Gasteiger partial charge in [0.25, 0.3) is 0 Å². The number of nitrogens with one attached hydrogen (secondary N) is 1. The molecule has 2 fully saturated rings. The molecule has 0 bridgehead atoms. The van der Waals surface area contributed by atoms with Crippen LogP contribution in [-0.2, 0) is 0 Å². The van der Waals surface area contributed by atoms with E-state index < -0.39 is 0 Å². The minimum atomic E-state index is 0.832. The van der Waals surface area contributed by atoms with Gasteiger partial charge in [0.2, 0.25) is 0 Å². The van der Waals surface area contributed by atoms with Gasteiger partial charge >= 0.3 is 0 Å². The summed E-state index contributed by atoms with van der Waals surface area (Å²) in [5.74, 6) is 0.930. The third-order valence-electron chi connectivity index (χ3n) is 3.97. The lowest BCUT2D eigenvalue weighted by atomic mass is 9.95. The smallest absolute Gasteiger partial charge is 0.0107 e. The molecule has 0 aromatic carbocycles. The average molecular weight is 210 g/mol. The Labute approximate surface area is 94.4 Å². The summed E-state index contributed by atoms with van der Waals surface area (Å²) in [5.41, 5.74) is 0. The Balaban J connectivity index is 1.54. The summed E-state index contributed by atoms with van der Waals surface area (Å²) in [6.45, 7) is 7.49. The molecule has 2 rings (SSSR count). The molecule has 1 aliphatic carbocycles. The van der Waals surface area contributed by atoms with E-state index in [4.69, 9.17) is 0 Å². The topological polar surface area (TPSA) is 15.3 Å². The molecule has 1 unspecified atom stereocenters. The van der Waals surface area contributed by atoms with Crippen LogP contribution in [0.3, 0.4) is 0 Å². The van der Waals surface area contributed by atoms with E-state index >= 15 is 0 Å². The van der Waals surface area contributed by atoms with E-state index in [1.807, 2.05) is 0 Å². The van der Waals surface area contributed by atoms with Crippen molar-refractivity contribution in [1.29, 1.82) is 0 Å². The predicted molar refractivity (Wildman–Crippen MR) is 65.1 cm³/mol. The van der Waals surface area contributed by atoms with Gasteiger partial charge in [0.15, 0.2) is 0 Å². The Bertz CT molecular complexity index is 171. The molecule has 0 spiro atoms. The van der Waals surface area contributed by atoms with Crippen molar-refractivity contribution in [2.75, 3.05) is 26.2 Å². The van der Waals surface area contributed by atoms with Crippen LogP contribution in [0.25, 0.3) is 0 Å². The van der Waals surface area contributed by atoms with Crippen molar-refractivity contribution in [3.63, 3.8) is 0 Å². The molecular weight excluding hydrogens is 184 g/mol. The molecular formula is C13H26N2. The molecule has 2 heteroatoms. The molecule has 2 nitrogen and oxygen atoms in total. The highest BCUT2D eigenvalue weighted by Crippen LogP contribution is 2.17. The van der Waals surface area contributed by atoms with Crippen molar-refractivity contribution in [2.45, 2.75) is 51.5 Å². The molecule has 0 aromatic rings. The molecule has 0 amide bonds. The summed E-state index contributed by atoms with van der Waals surface area (Å²) in [6, 6.07) is 0.832. The fraction of sp³-hybridized carbons (Fsp3) is 1.00. The van der Waals surface area contributed by atoms with Gasteiger partial charge in [-0.1, -0.05) is 26.2 Å². The lowest BCUT2D eigenvalue weighted by molar-refractivity contribution is 0.301. The highest BCUT2D eigenvalue weighted by molar-refractivity contribution is 4.75. The SMILES string of the molecule is CC1CCN(CCNC2CCCCC2)C1. The highest BCUT2D eigenvalue weighted by Gasteiger charge is 2.18. The molecule has 1 heterocycles. The van der Waals surface area contributed by atoms with E-state index in [2.05, 4.69) is 17.1 Å². The van der Waals surface area contributed by atoms with Gasteiger partial charge in [0.05, 0.1) is 0 Å². The average Bonchev–Trinajstić information content (AvgIpc) is 2.66. The first-order chi connectivity index (χ1) is 7.34. The van der Waals surface area contributed by atoms with E-state index in [0.717, 1.165) is 12.0 Å². The van der Waals surface area contributed by atoms with Gasteiger partial charge in [-0.3, -0.25) is 0 Å². The van der Waals surface area contributed by atoms with Crippen molar-refractivity contribution in [3.8, 4) is 0 Å². The van der Waals surface area contributed by atoms with Crippen molar-refractivity contribution in [1.82, 2.24) is 10.2 Å². The zero-order valence-electron chi connectivity index (χ0n) is 10.2. The highest BCUT2D eigenvalue weighted by atomic mass is 15.2. The first kappa shape index (κ1) is 11.4. The molecule has 0 radical (unpaired) electrons. The van der Waals surface area contributed by atoms with Gasteiger partial charge < -0.3 is 10.2 Å². The van der Waals surface area contributed by atoms with E-state index in [1.54, 1.807) is 0 Å². The third kappa shape index (κ3) is 3.76. The fourth-order valence-corrected chi connectivity index (χ4v) is 2.96. The van der Waals surface area contributed by atoms with Crippen molar-refractivity contribution < 1.29 is 0 Å². The molecule has 88 valence electrons. The van der Waals surface area contributed by atoms with E-state index in [-0.39, 0.29) is 0 Å². The first-order valence-electron chi connectivity index (χ1n) is 6.80. The monoisotopic (exact) mass is 210 g/mol. The number of likely N-dealkylation sites (tertiary alicyclic amines) is 1. The van der Waals surface area contributed by atoms with Crippen LogP contribution in [0, 0.1) is 5.92 Å². The maximum atomic E-state index is 3.72. The van der Waals surface area contributed by atoms with Crippen LogP contribution in [-0.4, -0.2) is 37.1 Å². The Morgan fingerprint density at radius 1 is 1.13 bits per heavy atom. The van der Waals surface area contributed by atoms with Crippen LogP contribution in [0.5, 0.6) is 0 Å². The summed E-state index contributed by atoms with van der Waals surface area (Å²) in [7, 11) is 0. The van der Waals surface area contributed by atoms with Crippen LogP contribution in [0.15, 0.2) is 0 Å². The van der Waals surface area contributed by atoms with Gasteiger partial charge in [-0.2, -0.15) is 0 Å². The van der Waals surface area contributed by atoms with Crippen molar-refractivity contribution >= 4 is 0 Å². The van der Waals surface area contributed by atoms with Crippen LogP contribution >= 0.6 is 0 Å².